The quantitative estimate of drug-likeness (QED) is 0.574. The minimum absolute atomic E-state index is 0.0962. The van der Waals surface area contributed by atoms with Crippen molar-refractivity contribution in [3.05, 3.63) is 0 Å². The normalized spacial score (nSPS) is 10.3. The molecule has 4 nitrogen and oxygen atoms in total. The van der Waals surface area contributed by atoms with Crippen molar-refractivity contribution in [1.82, 2.24) is 5.48 Å². The Kier molecular flexibility index (Phi) is 6.70. The van der Waals surface area contributed by atoms with E-state index in [0.29, 0.717) is 31.9 Å². The molecule has 0 radical (unpaired) electrons. The maximum Gasteiger partial charge on any atom is 0.243 e. The van der Waals surface area contributed by atoms with E-state index in [1.54, 1.807) is 0 Å². The van der Waals surface area contributed by atoms with Gasteiger partial charge in [0.05, 0.1) is 6.61 Å². The fourth-order valence-corrected chi connectivity index (χ4v) is 0.602. The van der Waals surface area contributed by atoms with Crippen molar-refractivity contribution in [3.8, 4) is 0 Å². The standard InChI is InChI=1S/C8H18N2O2/c1-7(2)6-12-10-8(11)4-3-5-9/h7H,3-6,9H2,1-2H3,(H,10,11). The summed E-state index contributed by atoms with van der Waals surface area (Å²) in [6.07, 6.45) is 1.14. The van der Waals surface area contributed by atoms with Gasteiger partial charge >= 0.3 is 0 Å². The Morgan fingerprint density at radius 2 is 2.25 bits per heavy atom. The molecule has 0 bridgehead atoms. The van der Waals surface area contributed by atoms with Crippen LogP contribution in [0.3, 0.4) is 0 Å². The summed E-state index contributed by atoms with van der Waals surface area (Å²) in [4.78, 5) is 15.8. The summed E-state index contributed by atoms with van der Waals surface area (Å²) in [6.45, 7) is 5.13. The topological polar surface area (TPSA) is 64.3 Å². The first kappa shape index (κ1) is 11.4. The minimum Gasteiger partial charge on any atom is -0.330 e. The number of nitrogens with one attached hydrogen (secondary N) is 1. The van der Waals surface area contributed by atoms with Gasteiger partial charge in [0.1, 0.15) is 0 Å². The number of carbonyl (C=O) groups excluding carboxylic acids is 1. The summed E-state index contributed by atoms with van der Waals surface area (Å²) in [7, 11) is 0. The van der Waals surface area contributed by atoms with E-state index in [0.717, 1.165) is 0 Å². The number of amides is 1. The zero-order chi connectivity index (χ0) is 9.40. The molecule has 3 N–H and O–H groups in total. The predicted molar refractivity (Wildman–Crippen MR) is 47.2 cm³/mol. The molecular weight excluding hydrogens is 156 g/mol. The molecule has 0 aromatic rings. The molecule has 0 unspecified atom stereocenters. The van der Waals surface area contributed by atoms with Gasteiger partial charge < -0.3 is 5.73 Å². The van der Waals surface area contributed by atoms with E-state index in [9.17, 15) is 4.79 Å². The lowest BCUT2D eigenvalue weighted by Gasteiger charge is -2.06. The maximum atomic E-state index is 10.9. The van der Waals surface area contributed by atoms with Crippen LogP contribution in [0.25, 0.3) is 0 Å². The molecule has 4 heteroatoms. The molecular formula is C8H18N2O2. The first-order valence-corrected chi connectivity index (χ1v) is 4.27. The van der Waals surface area contributed by atoms with E-state index in [1.165, 1.54) is 0 Å². The van der Waals surface area contributed by atoms with E-state index in [-0.39, 0.29) is 5.91 Å². The highest BCUT2D eigenvalue weighted by Crippen LogP contribution is 1.91. The summed E-state index contributed by atoms with van der Waals surface area (Å²) in [6, 6.07) is 0. The molecule has 0 saturated heterocycles. The molecule has 0 rings (SSSR count). The zero-order valence-corrected chi connectivity index (χ0v) is 7.80. The van der Waals surface area contributed by atoms with Gasteiger partial charge in [-0.2, -0.15) is 0 Å². The SMILES string of the molecule is CC(C)CONC(=O)CCCN. The highest BCUT2D eigenvalue weighted by molar-refractivity contribution is 5.74. The van der Waals surface area contributed by atoms with Gasteiger partial charge in [-0.3, -0.25) is 9.63 Å². The van der Waals surface area contributed by atoms with Crippen molar-refractivity contribution in [2.24, 2.45) is 11.7 Å². The number of nitrogens with two attached hydrogens (primary N) is 1. The molecule has 72 valence electrons. The van der Waals surface area contributed by atoms with Crippen LogP contribution in [0.5, 0.6) is 0 Å². The number of hydrogen-bond acceptors (Lipinski definition) is 3. The molecule has 0 aliphatic rings. The van der Waals surface area contributed by atoms with Gasteiger partial charge in [-0.15, -0.1) is 0 Å². The van der Waals surface area contributed by atoms with Crippen LogP contribution in [0.15, 0.2) is 0 Å². The highest BCUT2D eigenvalue weighted by atomic mass is 16.6. The summed E-state index contributed by atoms with van der Waals surface area (Å²) < 4.78 is 0. The highest BCUT2D eigenvalue weighted by Gasteiger charge is 2.00. The van der Waals surface area contributed by atoms with Gasteiger partial charge in [0.15, 0.2) is 0 Å². The second kappa shape index (κ2) is 7.06. The van der Waals surface area contributed by atoms with Crippen molar-refractivity contribution in [1.29, 1.82) is 0 Å². The van der Waals surface area contributed by atoms with Crippen LogP contribution >= 0.6 is 0 Å². The minimum atomic E-state index is -0.0962. The monoisotopic (exact) mass is 174 g/mol. The van der Waals surface area contributed by atoms with Gasteiger partial charge in [0.25, 0.3) is 0 Å². The number of carbonyl (C=O) groups is 1. The van der Waals surface area contributed by atoms with E-state index in [1.807, 2.05) is 13.8 Å². The van der Waals surface area contributed by atoms with Crippen LogP contribution in [0.1, 0.15) is 26.7 Å². The van der Waals surface area contributed by atoms with Crippen LogP contribution in [0, 0.1) is 5.92 Å². The molecule has 0 atom stereocenters. The van der Waals surface area contributed by atoms with Crippen LogP contribution in [-0.4, -0.2) is 19.1 Å². The Bertz CT molecular complexity index is 126. The lowest BCUT2D eigenvalue weighted by molar-refractivity contribution is -0.134. The van der Waals surface area contributed by atoms with Crippen LogP contribution < -0.4 is 11.2 Å². The largest absolute Gasteiger partial charge is 0.330 e. The second-order valence-electron chi connectivity index (χ2n) is 3.12. The van der Waals surface area contributed by atoms with Gasteiger partial charge in [0, 0.05) is 6.42 Å². The maximum absolute atomic E-state index is 10.9. The van der Waals surface area contributed by atoms with E-state index >= 15 is 0 Å². The number of hydroxylamine groups is 1. The van der Waals surface area contributed by atoms with Crippen LogP contribution in [-0.2, 0) is 9.63 Å². The van der Waals surface area contributed by atoms with Gasteiger partial charge in [-0.05, 0) is 18.9 Å². The Labute approximate surface area is 73.4 Å². The van der Waals surface area contributed by atoms with Crippen molar-refractivity contribution >= 4 is 5.91 Å². The first-order valence-electron chi connectivity index (χ1n) is 4.27. The lowest BCUT2D eigenvalue weighted by atomic mass is 10.2. The van der Waals surface area contributed by atoms with Gasteiger partial charge in [-0.1, -0.05) is 13.8 Å². The number of rotatable bonds is 6. The third-order valence-electron chi connectivity index (χ3n) is 1.21. The Morgan fingerprint density at radius 3 is 2.75 bits per heavy atom. The summed E-state index contributed by atoms with van der Waals surface area (Å²) >= 11 is 0. The fraction of sp³-hybridized carbons (Fsp3) is 0.875. The smallest absolute Gasteiger partial charge is 0.243 e. The molecule has 0 aromatic heterocycles. The van der Waals surface area contributed by atoms with Crippen LogP contribution in [0.4, 0.5) is 0 Å². The molecule has 12 heavy (non-hydrogen) atoms. The lowest BCUT2D eigenvalue weighted by Crippen LogP contribution is -2.25. The van der Waals surface area contributed by atoms with Crippen molar-refractivity contribution in [2.75, 3.05) is 13.2 Å². The molecule has 0 saturated carbocycles. The Balaban J connectivity index is 3.20. The van der Waals surface area contributed by atoms with E-state index in [4.69, 9.17) is 10.6 Å². The van der Waals surface area contributed by atoms with Gasteiger partial charge in [0.2, 0.25) is 5.91 Å². The third-order valence-corrected chi connectivity index (χ3v) is 1.21. The fourth-order valence-electron chi connectivity index (χ4n) is 0.602. The van der Waals surface area contributed by atoms with E-state index < -0.39 is 0 Å². The Morgan fingerprint density at radius 1 is 1.58 bits per heavy atom. The van der Waals surface area contributed by atoms with Crippen molar-refractivity contribution < 1.29 is 9.63 Å². The number of hydrogen-bond donors (Lipinski definition) is 2. The summed E-state index contributed by atoms with van der Waals surface area (Å²) in [5.41, 5.74) is 7.59. The van der Waals surface area contributed by atoms with Crippen LogP contribution in [0.2, 0.25) is 0 Å². The Hall–Kier alpha value is -0.610. The molecule has 0 aliphatic carbocycles. The summed E-state index contributed by atoms with van der Waals surface area (Å²) in [5, 5.41) is 0. The molecule has 0 fully saturated rings. The molecule has 0 heterocycles. The molecule has 0 spiro atoms. The average Bonchev–Trinajstić information content (AvgIpc) is 2.00. The third kappa shape index (κ3) is 7.50. The van der Waals surface area contributed by atoms with E-state index in [2.05, 4.69) is 5.48 Å². The molecule has 0 aromatic carbocycles. The zero-order valence-electron chi connectivity index (χ0n) is 7.80. The summed E-state index contributed by atoms with van der Waals surface area (Å²) in [5.74, 6) is 0.334. The predicted octanol–water partition coefficient (Wildman–Crippen LogP) is 0.429. The molecule has 0 aliphatic heterocycles. The molecule has 1 amide bonds. The van der Waals surface area contributed by atoms with Crippen molar-refractivity contribution in [3.63, 3.8) is 0 Å². The second-order valence-corrected chi connectivity index (χ2v) is 3.12. The first-order chi connectivity index (χ1) is 5.66. The van der Waals surface area contributed by atoms with Gasteiger partial charge in [-0.25, -0.2) is 5.48 Å². The van der Waals surface area contributed by atoms with Crippen molar-refractivity contribution in [2.45, 2.75) is 26.7 Å². The average molecular weight is 174 g/mol.